The number of fused-ring (bicyclic) bond motifs is 1. The minimum atomic E-state index is -3.77. The lowest BCUT2D eigenvalue weighted by Crippen LogP contribution is -2.45. The zero-order valence-corrected chi connectivity index (χ0v) is 19.8. The first-order valence-electron chi connectivity index (χ1n) is 10.1. The third kappa shape index (κ3) is 5.20. The number of hydrogen-bond donors (Lipinski definition) is 2. The number of rotatable bonds is 7. The summed E-state index contributed by atoms with van der Waals surface area (Å²) < 4.78 is 36.1. The molecule has 0 saturated carbocycles. The molecule has 0 spiro atoms. The summed E-state index contributed by atoms with van der Waals surface area (Å²) in [6, 6.07) is 14.4. The molecule has 2 aromatic carbocycles. The molecule has 2 heterocycles. The summed E-state index contributed by atoms with van der Waals surface area (Å²) in [6.07, 6.45) is 3.32. The van der Waals surface area contributed by atoms with Crippen molar-refractivity contribution in [3.8, 4) is 5.75 Å². The third-order valence-corrected chi connectivity index (χ3v) is 7.13. The first kappa shape index (κ1) is 22.5. The molecular weight excluding hydrogens is 496 g/mol. The van der Waals surface area contributed by atoms with Crippen LogP contribution >= 0.6 is 15.9 Å². The molecule has 0 fully saturated rings. The Balaban J connectivity index is 1.48. The van der Waals surface area contributed by atoms with E-state index in [1.807, 2.05) is 48.5 Å². The second-order valence-corrected chi connectivity index (χ2v) is 10.3. The maximum Gasteiger partial charge on any atom is 0.261 e. The molecule has 1 aliphatic rings. The lowest BCUT2D eigenvalue weighted by molar-refractivity contribution is -0.129. The number of amides is 1. The predicted octanol–water partition coefficient (Wildman–Crippen LogP) is 2.71. The van der Waals surface area contributed by atoms with Gasteiger partial charge in [-0.1, -0.05) is 52.3 Å². The maximum absolute atomic E-state index is 13.0. The molecule has 1 aromatic heterocycles. The highest BCUT2D eigenvalue weighted by molar-refractivity contribution is 9.10. The van der Waals surface area contributed by atoms with Gasteiger partial charge in [0, 0.05) is 24.3 Å². The summed E-state index contributed by atoms with van der Waals surface area (Å²) in [5, 5.41) is 6.86. The molecule has 2 N–H and O–H groups in total. The summed E-state index contributed by atoms with van der Waals surface area (Å²) in [5.41, 5.74) is 1.84. The highest BCUT2D eigenvalue weighted by Gasteiger charge is 2.29. The SMILES string of the molecule is Cn1cc(S(=O)(=O)NCC(NC(=O)C2CCc3ccc(Br)cc3O2)c2ccccc2)cn1. The van der Waals surface area contributed by atoms with Crippen LogP contribution in [0.3, 0.4) is 0 Å². The van der Waals surface area contributed by atoms with Crippen LogP contribution in [-0.2, 0) is 28.3 Å². The molecule has 10 heteroatoms. The minimum Gasteiger partial charge on any atom is -0.480 e. The van der Waals surface area contributed by atoms with Gasteiger partial charge in [-0.3, -0.25) is 9.48 Å². The van der Waals surface area contributed by atoms with Gasteiger partial charge in [0.1, 0.15) is 10.6 Å². The van der Waals surface area contributed by atoms with Crippen LogP contribution in [0.1, 0.15) is 23.6 Å². The Labute approximate surface area is 195 Å². The van der Waals surface area contributed by atoms with E-state index < -0.39 is 22.2 Å². The summed E-state index contributed by atoms with van der Waals surface area (Å²) in [5.74, 6) is 0.393. The van der Waals surface area contributed by atoms with Crippen molar-refractivity contribution in [2.45, 2.75) is 29.9 Å². The number of nitrogens with one attached hydrogen (secondary N) is 2. The summed E-state index contributed by atoms with van der Waals surface area (Å²) in [4.78, 5) is 13.1. The average molecular weight is 519 g/mol. The molecular formula is C22H23BrN4O4S. The average Bonchev–Trinajstić information content (AvgIpc) is 3.24. The molecule has 0 aliphatic carbocycles. The predicted molar refractivity (Wildman–Crippen MR) is 123 cm³/mol. The van der Waals surface area contributed by atoms with Gasteiger partial charge in [-0.25, -0.2) is 13.1 Å². The highest BCUT2D eigenvalue weighted by Crippen LogP contribution is 2.30. The van der Waals surface area contributed by atoms with Crippen molar-refractivity contribution in [2.24, 2.45) is 7.05 Å². The van der Waals surface area contributed by atoms with E-state index in [1.165, 1.54) is 17.1 Å². The zero-order chi connectivity index (χ0) is 22.7. The molecule has 8 nitrogen and oxygen atoms in total. The van der Waals surface area contributed by atoms with Gasteiger partial charge >= 0.3 is 0 Å². The van der Waals surface area contributed by atoms with E-state index in [-0.39, 0.29) is 17.3 Å². The van der Waals surface area contributed by atoms with Crippen molar-refractivity contribution in [3.05, 3.63) is 76.5 Å². The number of halogens is 1. The Morgan fingerprint density at radius 1 is 1.28 bits per heavy atom. The van der Waals surface area contributed by atoms with Gasteiger partial charge < -0.3 is 10.1 Å². The molecule has 32 heavy (non-hydrogen) atoms. The second-order valence-electron chi connectivity index (χ2n) is 7.57. The van der Waals surface area contributed by atoms with E-state index in [4.69, 9.17) is 4.74 Å². The Bertz CT molecular complexity index is 1210. The normalized spacial score (nSPS) is 16.6. The standard InChI is InChI=1S/C22H23BrN4O4S/c1-27-14-18(12-24-27)32(29,30)25-13-19(15-5-3-2-4-6-15)26-22(28)20-10-8-16-7-9-17(23)11-21(16)31-20/h2-7,9,11-12,14,19-20,25H,8,10,13H2,1H3,(H,26,28). The Kier molecular flexibility index (Phi) is 6.63. The van der Waals surface area contributed by atoms with Crippen molar-refractivity contribution in [2.75, 3.05) is 6.54 Å². The number of carbonyl (C=O) groups excluding carboxylic acids is 1. The molecule has 4 rings (SSSR count). The Morgan fingerprint density at radius 3 is 2.78 bits per heavy atom. The minimum absolute atomic E-state index is 0.0121. The van der Waals surface area contributed by atoms with Crippen LogP contribution in [0.5, 0.6) is 5.75 Å². The number of nitrogens with zero attached hydrogens (tertiary/aromatic N) is 2. The fourth-order valence-electron chi connectivity index (χ4n) is 3.54. The lowest BCUT2D eigenvalue weighted by Gasteiger charge is -2.28. The fourth-order valence-corrected chi connectivity index (χ4v) is 4.91. The number of hydrogen-bond acceptors (Lipinski definition) is 5. The first-order valence-corrected chi connectivity index (χ1v) is 12.4. The van der Waals surface area contributed by atoms with E-state index in [0.717, 1.165) is 22.0 Å². The van der Waals surface area contributed by atoms with Gasteiger partial charge in [-0.15, -0.1) is 0 Å². The molecule has 3 aromatic rings. The molecule has 2 unspecified atom stereocenters. The van der Waals surface area contributed by atoms with Crippen molar-refractivity contribution >= 4 is 31.9 Å². The van der Waals surface area contributed by atoms with E-state index in [0.29, 0.717) is 12.2 Å². The van der Waals surface area contributed by atoms with Crippen LogP contribution in [0, 0.1) is 0 Å². The topological polar surface area (TPSA) is 102 Å². The fraction of sp³-hybridized carbons (Fsp3) is 0.273. The smallest absolute Gasteiger partial charge is 0.261 e. The van der Waals surface area contributed by atoms with Gasteiger partial charge in [0.2, 0.25) is 10.0 Å². The van der Waals surface area contributed by atoms with E-state index >= 15 is 0 Å². The largest absolute Gasteiger partial charge is 0.480 e. The second kappa shape index (κ2) is 9.43. The van der Waals surface area contributed by atoms with Crippen LogP contribution < -0.4 is 14.8 Å². The van der Waals surface area contributed by atoms with Crippen molar-refractivity contribution in [1.29, 1.82) is 0 Å². The molecule has 2 atom stereocenters. The first-order chi connectivity index (χ1) is 15.3. The van der Waals surface area contributed by atoms with Gasteiger partial charge in [-0.05, 0) is 36.1 Å². The molecule has 0 saturated heterocycles. The number of aryl methyl sites for hydroxylation is 2. The van der Waals surface area contributed by atoms with E-state index in [9.17, 15) is 13.2 Å². The number of ether oxygens (including phenoxy) is 1. The number of sulfonamides is 1. The zero-order valence-electron chi connectivity index (χ0n) is 17.4. The summed E-state index contributed by atoms with van der Waals surface area (Å²) in [7, 11) is -2.12. The van der Waals surface area contributed by atoms with Gasteiger partial charge in [-0.2, -0.15) is 5.10 Å². The van der Waals surface area contributed by atoms with Gasteiger partial charge in [0.15, 0.2) is 6.10 Å². The Morgan fingerprint density at radius 2 is 2.06 bits per heavy atom. The number of aromatic nitrogens is 2. The summed E-state index contributed by atoms with van der Waals surface area (Å²) >= 11 is 3.43. The molecule has 1 aliphatic heterocycles. The maximum atomic E-state index is 13.0. The quantitative estimate of drug-likeness (QED) is 0.500. The van der Waals surface area contributed by atoms with Gasteiger partial charge in [0.25, 0.3) is 5.91 Å². The van der Waals surface area contributed by atoms with E-state index in [2.05, 4.69) is 31.1 Å². The molecule has 0 bridgehead atoms. The molecule has 1 amide bonds. The monoisotopic (exact) mass is 518 g/mol. The van der Waals surface area contributed by atoms with Crippen LogP contribution in [0.15, 0.2) is 70.3 Å². The van der Waals surface area contributed by atoms with Crippen LogP contribution in [0.4, 0.5) is 0 Å². The van der Waals surface area contributed by atoms with Crippen molar-refractivity contribution in [1.82, 2.24) is 19.8 Å². The Hall–Kier alpha value is -2.69. The van der Waals surface area contributed by atoms with Gasteiger partial charge in [0.05, 0.1) is 12.2 Å². The van der Waals surface area contributed by atoms with Crippen molar-refractivity contribution in [3.63, 3.8) is 0 Å². The molecule has 0 radical (unpaired) electrons. The van der Waals surface area contributed by atoms with Crippen LogP contribution in [0.2, 0.25) is 0 Å². The highest BCUT2D eigenvalue weighted by atomic mass is 79.9. The van der Waals surface area contributed by atoms with Crippen LogP contribution in [0.25, 0.3) is 0 Å². The van der Waals surface area contributed by atoms with E-state index in [1.54, 1.807) is 7.05 Å². The summed E-state index contributed by atoms with van der Waals surface area (Å²) in [6.45, 7) is -0.0121. The van der Waals surface area contributed by atoms with Crippen LogP contribution in [-0.4, -0.2) is 36.8 Å². The number of carbonyl (C=O) groups is 1. The number of benzene rings is 2. The lowest BCUT2D eigenvalue weighted by atomic mass is 10.0. The van der Waals surface area contributed by atoms with Crippen molar-refractivity contribution < 1.29 is 17.9 Å². The molecule has 168 valence electrons. The third-order valence-electron chi connectivity index (χ3n) is 5.25.